The van der Waals surface area contributed by atoms with Crippen molar-refractivity contribution < 1.29 is 14.7 Å². The molecule has 1 N–H and O–H groups in total. The van der Waals surface area contributed by atoms with Gasteiger partial charge in [-0.15, -0.1) is 0 Å². The van der Waals surface area contributed by atoms with Crippen LogP contribution in [-0.4, -0.2) is 66.7 Å². The highest BCUT2D eigenvalue weighted by Gasteiger charge is 2.24. The lowest BCUT2D eigenvalue weighted by Gasteiger charge is -2.36. The molecule has 1 aromatic rings. The second-order valence-electron chi connectivity index (χ2n) is 5.34. The Hall–Kier alpha value is -2.08. The van der Waals surface area contributed by atoms with Gasteiger partial charge in [-0.1, -0.05) is 12.1 Å². The smallest absolute Gasteiger partial charge is 0.324 e. The Labute approximate surface area is 124 Å². The van der Waals surface area contributed by atoms with E-state index in [4.69, 9.17) is 5.11 Å². The fourth-order valence-electron chi connectivity index (χ4n) is 2.45. The first-order chi connectivity index (χ1) is 9.97. The van der Waals surface area contributed by atoms with Crippen molar-refractivity contribution in [3.63, 3.8) is 0 Å². The molecule has 1 fully saturated rings. The van der Waals surface area contributed by atoms with Crippen LogP contribution in [0.1, 0.15) is 5.56 Å². The molecule has 2 rings (SSSR count). The number of anilines is 1. The van der Waals surface area contributed by atoms with Crippen molar-refractivity contribution in [3.8, 4) is 0 Å². The first-order valence-electron chi connectivity index (χ1n) is 7.01. The van der Waals surface area contributed by atoms with Crippen molar-refractivity contribution in [3.05, 3.63) is 29.8 Å². The monoisotopic (exact) mass is 291 g/mol. The number of hydrogen-bond donors (Lipinski definition) is 1. The van der Waals surface area contributed by atoms with E-state index in [0.29, 0.717) is 26.2 Å². The lowest BCUT2D eigenvalue weighted by molar-refractivity contribution is -0.138. The van der Waals surface area contributed by atoms with Crippen molar-refractivity contribution in [1.29, 1.82) is 0 Å². The quantitative estimate of drug-likeness (QED) is 0.910. The van der Waals surface area contributed by atoms with Crippen LogP contribution in [0.15, 0.2) is 24.3 Å². The summed E-state index contributed by atoms with van der Waals surface area (Å²) in [7, 11) is 1.76. The van der Waals surface area contributed by atoms with Crippen molar-refractivity contribution in [2.75, 3.05) is 44.7 Å². The SMILES string of the molecule is Cc1cccc(N(C)C(=O)N2CCN(CC(=O)O)CC2)c1. The van der Waals surface area contributed by atoms with Crippen LogP contribution in [0.5, 0.6) is 0 Å². The molecule has 1 saturated heterocycles. The minimum absolute atomic E-state index is 0.0375. The topological polar surface area (TPSA) is 64.1 Å². The Morgan fingerprint density at radius 1 is 1.24 bits per heavy atom. The summed E-state index contributed by atoms with van der Waals surface area (Å²) in [5.74, 6) is -0.827. The van der Waals surface area contributed by atoms with Gasteiger partial charge in [0.05, 0.1) is 6.54 Å². The van der Waals surface area contributed by atoms with Gasteiger partial charge in [0.1, 0.15) is 0 Å². The zero-order valence-electron chi connectivity index (χ0n) is 12.5. The van der Waals surface area contributed by atoms with E-state index in [2.05, 4.69) is 0 Å². The van der Waals surface area contributed by atoms with Gasteiger partial charge in [-0.3, -0.25) is 14.6 Å². The Balaban J connectivity index is 1.94. The van der Waals surface area contributed by atoms with Gasteiger partial charge in [0, 0.05) is 38.9 Å². The molecule has 0 radical (unpaired) electrons. The molecule has 0 aliphatic carbocycles. The van der Waals surface area contributed by atoms with E-state index in [1.807, 2.05) is 36.1 Å². The summed E-state index contributed by atoms with van der Waals surface area (Å²) in [6, 6.07) is 7.76. The molecule has 0 unspecified atom stereocenters. The predicted molar refractivity (Wildman–Crippen MR) is 80.6 cm³/mol. The lowest BCUT2D eigenvalue weighted by atomic mass is 10.2. The van der Waals surface area contributed by atoms with E-state index in [-0.39, 0.29) is 12.6 Å². The number of piperazine rings is 1. The Bertz CT molecular complexity index is 525. The van der Waals surface area contributed by atoms with Crippen LogP contribution >= 0.6 is 0 Å². The average molecular weight is 291 g/mol. The molecule has 1 aromatic carbocycles. The van der Waals surface area contributed by atoms with Crippen LogP contribution in [-0.2, 0) is 4.79 Å². The van der Waals surface area contributed by atoms with Crippen LogP contribution in [0.25, 0.3) is 0 Å². The van der Waals surface area contributed by atoms with Gasteiger partial charge in [-0.2, -0.15) is 0 Å². The number of aliphatic carboxylic acids is 1. The largest absolute Gasteiger partial charge is 0.480 e. The van der Waals surface area contributed by atoms with Crippen LogP contribution in [0.3, 0.4) is 0 Å². The fourth-order valence-corrected chi connectivity index (χ4v) is 2.45. The third-order valence-corrected chi connectivity index (χ3v) is 3.68. The molecule has 1 heterocycles. The van der Waals surface area contributed by atoms with Crippen LogP contribution in [0.2, 0.25) is 0 Å². The molecular formula is C15H21N3O3. The maximum absolute atomic E-state index is 12.5. The normalized spacial score (nSPS) is 15.8. The van der Waals surface area contributed by atoms with E-state index in [1.54, 1.807) is 16.8 Å². The summed E-state index contributed by atoms with van der Waals surface area (Å²) in [5.41, 5.74) is 1.98. The summed E-state index contributed by atoms with van der Waals surface area (Å²) in [6.45, 7) is 4.34. The minimum Gasteiger partial charge on any atom is -0.480 e. The highest BCUT2D eigenvalue weighted by atomic mass is 16.4. The maximum Gasteiger partial charge on any atom is 0.324 e. The van der Waals surface area contributed by atoms with Crippen molar-refractivity contribution in [1.82, 2.24) is 9.80 Å². The number of carbonyl (C=O) groups is 2. The highest BCUT2D eigenvalue weighted by molar-refractivity contribution is 5.91. The second kappa shape index (κ2) is 6.58. The van der Waals surface area contributed by atoms with Gasteiger partial charge < -0.3 is 10.0 Å². The number of aryl methyl sites for hydroxylation is 1. The molecule has 1 aliphatic rings. The number of carboxylic acids is 1. The number of hydrogen-bond acceptors (Lipinski definition) is 3. The third kappa shape index (κ3) is 3.95. The van der Waals surface area contributed by atoms with Crippen LogP contribution < -0.4 is 4.90 Å². The van der Waals surface area contributed by atoms with Gasteiger partial charge in [0.2, 0.25) is 0 Å². The summed E-state index contributed by atoms with van der Waals surface area (Å²) in [5, 5.41) is 8.77. The van der Waals surface area contributed by atoms with Gasteiger partial charge in [-0.25, -0.2) is 4.79 Å². The van der Waals surface area contributed by atoms with E-state index in [0.717, 1.165) is 11.3 Å². The third-order valence-electron chi connectivity index (χ3n) is 3.68. The number of nitrogens with zero attached hydrogens (tertiary/aromatic N) is 3. The van der Waals surface area contributed by atoms with E-state index >= 15 is 0 Å². The molecule has 0 spiro atoms. The average Bonchev–Trinajstić information content (AvgIpc) is 2.46. The molecule has 0 bridgehead atoms. The molecule has 6 nitrogen and oxygen atoms in total. The van der Waals surface area contributed by atoms with Gasteiger partial charge in [0.15, 0.2) is 0 Å². The minimum atomic E-state index is -0.827. The highest BCUT2D eigenvalue weighted by Crippen LogP contribution is 2.16. The molecule has 2 amide bonds. The Morgan fingerprint density at radius 3 is 2.48 bits per heavy atom. The molecule has 0 atom stereocenters. The zero-order chi connectivity index (χ0) is 15.4. The van der Waals surface area contributed by atoms with E-state index < -0.39 is 5.97 Å². The van der Waals surface area contributed by atoms with Crippen LogP contribution in [0.4, 0.5) is 10.5 Å². The zero-order valence-corrected chi connectivity index (χ0v) is 12.5. The first-order valence-corrected chi connectivity index (χ1v) is 7.01. The molecule has 21 heavy (non-hydrogen) atoms. The molecule has 0 saturated carbocycles. The van der Waals surface area contributed by atoms with Gasteiger partial charge in [0.25, 0.3) is 0 Å². The summed E-state index contributed by atoms with van der Waals surface area (Å²) >= 11 is 0. The molecule has 0 aromatic heterocycles. The van der Waals surface area contributed by atoms with Gasteiger partial charge >= 0.3 is 12.0 Å². The van der Waals surface area contributed by atoms with Crippen LogP contribution in [0, 0.1) is 6.92 Å². The number of carboxylic acid groups (broad SMARTS) is 1. The molecule has 6 heteroatoms. The van der Waals surface area contributed by atoms with Crippen molar-refractivity contribution in [2.24, 2.45) is 0 Å². The Kier molecular flexibility index (Phi) is 4.80. The maximum atomic E-state index is 12.5. The number of benzene rings is 1. The Morgan fingerprint density at radius 2 is 1.90 bits per heavy atom. The molecular weight excluding hydrogens is 270 g/mol. The summed E-state index contributed by atoms with van der Waals surface area (Å²) < 4.78 is 0. The molecule has 1 aliphatic heterocycles. The van der Waals surface area contributed by atoms with E-state index in [9.17, 15) is 9.59 Å². The standard InChI is InChI=1S/C15H21N3O3/c1-12-4-3-5-13(10-12)16(2)15(21)18-8-6-17(7-9-18)11-14(19)20/h3-5,10H,6-9,11H2,1-2H3,(H,19,20). The van der Waals surface area contributed by atoms with Crippen molar-refractivity contribution >= 4 is 17.7 Å². The van der Waals surface area contributed by atoms with Crippen molar-refractivity contribution in [2.45, 2.75) is 6.92 Å². The number of rotatable bonds is 3. The number of amides is 2. The number of carbonyl (C=O) groups excluding carboxylic acids is 1. The molecule has 114 valence electrons. The summed E-state index contributed by atoms with van der Waals surface area (Å²) in [4.78, 5) is 28.4. The van der Waals surface area contributed by atoms with E-state index in [1.165, 1.54) is 0 Å². The summed E-state index contributed by atoms with van der Waals surface area (Å²) in [6.07, 6.45) is 0. The number of urea groups is 1. The fraction of sp³-hybridized carbons (Fsp3) is 0.467. The van der Waals surface area contributed by atoms with Gasteiger partial charge in [-0.05, 0) is 24.6 Å². The lowest BCUT2D eigenvalue weighted by Crippen LogP contribution is -2.53. The second-order valence-corrected chi connectivity index (χ2v) is 5.34. The first kappa shape index (κ1) is 15.3. The predicted octanol–water partition coefficient (Wildman–Crippen LogP) is 1.25.